The molecule has 80 heavy (non-hydrogen) atoms. The Morgan fingerprint density at radius 1 is 0.525 bits per heavy atom. The number of carbonyl (C=O) groups excluding carboxylic acids is 3. The third-order valence-electron chi connectivity index (χ3n) is 15.0. The van der Waals surface area contributed by atoms with Crippen molar-refractivity contribution >= 4 is 23.6 Å². The molecule has 0 bridgehead atoms. The maximum Gasteiger partial charge on any atom is 0.306 e. The predicted molar refractivity (Wildman–Crippen MR) is 293 cm³/mol. The molecule has 3 heterocycles. The van der Waals surface area contributed by atoms with E-state index in [1.54, 1.807) is 0 Å². The molecule has 15 N–H and O–H groups in total. The van der Waals surface area contributed by atoms with Gasteiger partial charge in [0, 0.05) is 38.8 Å². The molecule has 3 fully saturated rings. The number of unbranched alkanes of at least 4 members (excludes halogenated alkanes) is 16. The summed E-state index contributed by atoms with van der Waals surface area (Å²) in [5, 5.41) is 109. The van der Waals surface area contributed by atoms with Crippen LogP contribution in [0.5, 0.6) is 0 Å². The third kappa shape index (κ3) is 26.0. The molecule has 0 aromatic rings. The lowest BCUT2D eigenvalue weighted by atomic mass is 9.95. The van der Waals surface area contributed by atoms with Crippen LogP contribution in [0.15, 0.2) is 4.99 Å². The summed E-state index contributed by atoms with van der Waals surface area (Å²) in [5.41, 5.74) is 10.6. The van der Waals surface area contributed by atoms with Gasteiger partial charge in [-0.25, -0.2) is 0 Å². The first-order valence-electron chi connectivity index (χ1n) is 29.9. The van der Waals surface area contributed by atoms with Gasteiger partial charge in [-0.1, -0.05) is 111 Å². The molecule has 3 rings (SSSR count). The van der Waals surface area contributed by atoms with Crippen molar-refractivity contribution in [3.8, 4) is 0 Å². The molecular formula is C56H104N4O20. The number of amides is 1. The molecule has 0 spiro atoms. The summed E-state index contributed by atoms with van der Waals surface area (Å²) in [5.74, 6) is -0.0586. The maximum atomic E-state index is 13.4. The Morgan fingerprint density at radius 2 is 0.975 bits per heavy atom. The topological polar surface area (TPSA) is 395 Å². The number of ether oxygens (including phenoxy) is 7. The van der Waals surface area contributed by atoms with Gasteiger partial charge in [0.25, 0.3) is 0 Å². The van der Waals surface area contributed by atoms with Gasteiger partial charge >= 0.3 is 5.97 Å². The van der Waals surface area contributed by atoms with Gasteiger partial charge in [0.15, 0.2) is 24.8 Å². The number of nitrogens with zero attached hydrogens (tertiary/aromatic N) is 1. The average Bonchev–Trinajstić information content (AvgIpc) is 3.44. The number of guanidine groups is 1. The number of hydrogen-bond donors (Lipinski definition) is 13. The third-order valence-corrected chi connectivity index (χ3v) is 15.0. The van der Waals surface area contributed by atoms with Gasteiger partial charge in [-0.3, -0.25) is 19.4 Å². The van der Waals surface area contributed by atoms with Crippen LogP contribution < -0.4 is 16.8 Å². The summed E-state index contributed by atoms with van der Waals surface area (Å²) in [6, 6.07) is 0. The number of ketones is 1. The molecule has 24 nitrogen and oxygen atoms in total. The van der Waals surface area contributed by atoms with Crippen LogP contribution in [0.2, 0.25) is 0 Å². The second-order valence-electron chi connectivity index (χ2n) is 22.4. The Kier molecular flexibility index (Phi) is 36.2. The molecule has 0 saturated carbocycles. The van der Waals surface area contributed by atoms with Gasteiger partial charge in [-0.05, 0) is 57.3 Å². The number of nitrogens with one attached hydrogen (secondary N) is 1. The van der Waals surface area contributed by atoms with Gasteiger partial charge in [0.1, 0.15) is 85.1 Å². The van der Waals surface area contributed by atoms with E-state index < -0.39 is 130 Å². The molecule has 1 amide bonds. The van der Waals surface area contributed by atoms with Crippen LogP contribution in [0.3, 0.4) is 0 Å². The zero-order chi connectivity index (χ0) is 59.0. The summed E-state index contributed by atoms with van der Waals surface area (Å²) in [6.07, 6.45) is -7.21. The molecule has 3 aliphatic heterocycles. The highest BCUT2D eigenvalue weighted by atomic mass is 16.8. The van der Waals surface area contributed by atoms with Crippen LogP contribution in [-0.2, 0) is 47.5 Å². The van der Waals surface area contributed by atoms with Crippen molar-refractivity contribution < 1.29 is 98.6 Å². The van der Waals surface area contributed by atoms with Crippen molar-refractivity contribution in [1.82, 2.24) is 5.32 Å². The summed E-state index contributed by atoms with van der Waals surface area (Å²) in [4.78, 5) is 42.2. The Bertz CT molecular complexity index is 1700. The van der Waals surface area contributed by atoms with E-state index in [9.17, 15) is 65.4 Å². The van der Waals surface area contributed by atoms with Crippen molar-refractivity contribution in [3.63, 3.8) is 0 Å². The fraction of sp³-hybridized carbons (Fsp3) is 0.929. The highest BCUT2D eigenvalue weighted by molar-refractivity contribution is 5.78. The number of aliphatic hydroxyl groups is 10. The minimum absolute atomic E-state index is 0.0344. The highest BCUT2D eigenvalue weighted by Crippen LogP contribution is 2.36. The Balaban J connectivity index is 1.57. The molecule has 0 aromatic heterocycles. The Morgan fingerprint density at radius 3 is 1.48 bits per heavy atom. The van der Waals surface area contributed by atoms with Crippen LogP contribution >= 0.6 is 0 Å². The molecule has 468 valence electrons. The molecule has 0 aliphatic carbocycles. The van der Waals surface area contributed by atoms with Crippen LogP contribution in [0, 0.1) is 5.92 Å². The van der Waals surface area contributed by atoms with E-state index in [0.29, 0.717) is 58.0 Å². The maximum absolute atomic E-state index is 13.4. The second kappa shape index (κ2) is 40.5. The number of hydrogen-bond acceptors (Lipinski definition) is 21. The Hall–Kier alpha value is -2.76. The minimum atomic E-state index is -1.96. The van der Waals surface area contributed by atoms with E-state index in [-0.39, 0.29) is 30.0 Å². The van der Waals surface area contributed by atoms with Gasteiger partial charge in [-0.2, -0.15) is 0 Å². The summed E-state index contributed by atoms with van der Waals surface area (Å²) in [7, 11) is 0. The molecule has 0 radical (unpaired) electrons. The van der Waals surface area contributed by atoms with E-state index >= 15 is 0 Å². The number of aliphatic imine (C=N–C) groups is 1. The number of esters is 1. The van der Waals surface area contributed by atoms with E-state index in [4.69, 9.17) is 44.6 Å². The fourth-order valence-corrected chi connectivity index (χ4v) is 10.2. The average molecular weight is 1150 g/mol. The quantitative estimate of drug-likeness (QED) is 0.0178. The van der Waals surface area contributed by atoms with Crippen molar-refractivity contribution in [2.24, 2.45) is 22.4 Å². The van der Waals surface area contributed by atoms with Crippen LogP contribution in [0.4, 0.5) is 0 Å². The number of rotatable bonds is 43. The lowest BCUT2D eigenvalue weighted by Gasteiger charge is -2.49. The standard InChI is InChI=1S/C56H104N4O20/c1-4-5-17-26-38(75-55-52(80-54-50(73)48(71)45(68)40(33-62)77-54)51(46(69)41(34-63)78-55)79-53-49(72)47(70)44(67)39(32-61)76-53)37(74-43(66)31-35(2)3)27-20-15-12-14-19-25-36(64)24-18-13-10-8-6-7-9-11-16-21-28-42(65)59-29-22-23-30-60-56(57)58/h35,37-41,44-55,61-63,67-73H,4-34H2,1-3H3,(H,59,65)(H4,57,58,60). The van der Waals surface area contributed by atoms with Crippen LogP contribution in [0.25, 0.3) is 0 Å². The lowest BCUT2D eigenvalue weighted by Crippen LogP contribution is -2.67. The number of Topliss-reactive ketones (excluding diaryl/α,β-unsaturated/α-hetero) is 1. The zero-order valence-corrected chi connectivity index (χ0v) is 48.0. The second-order valence-corrected chi connectivity index (χ2v) is 22.4. The number of carbonyl (C=O) groups is 3. The lowest BCUT2D eigenvalue weighted by molar-refractivity contribution is -0.396. The normalized spacial score (nSPS) is 29.8. The van der Waals surface area contributed by atoms with Gasteiger partial charge < -0.3 is 101 Å². The van der Waals surface area contributed by atoms with Crippen LogP contribution in [-0.4, -0.2) is 212 Å². The monoisotopic (exact) mass is 1150 g/mol. The summed E-state index contributed by atoms with van der Waals surface area (Å²) < 4.78 is 42.6. The number of aliphatic hydroxyl groups excluding tert-OH is 10. The molecule has 3 saturated heterocycles. The molecule has 17 unspecified atom stereocenters. The van der Waals surface area contributed by atoms with Crippen molar-refractivity contribution in [2.75, 3.05) is 32.9 Å². The fourth-order valence-electron chi connectivity index (χ4n) is 10.2. The molecule has 0 aromatic carbocycles. The van der Waals surface area contributed by atoms with E-state index in [2.05, 4.69) is 10.3 Å². The Labute approximate surface area is 473 Å². The summed E-state index contributed by atoms with van der Waals surface area (Å²) >= 11 is 0. The van der Waals surface area contributed by atoms with Crippen molar-refractivity contribution in [1.29, 1.82) is 0 Å². The van der Waals surface area contributed by atoms with E-state index in [0.717, 1.165) is 103 Å². The van der Waals surface area contributed by atoms with Gasteiger partial charge in [0.05, 0.1) is 25.9 Å². The molecular weight excluding hydrogens is 1050 g/mol. The molecule has 24 heteroatoms. The van der Waals surface area contributed by atoms with Crippen molar-refractivity contribution in [3.05, 3.63) is 0 Å². The smallest absolute Gasteiger partial charge is 0.306 e. The predicted octanol–water partition coefficient (Wildman–Crippen LogP) is 1.51. The van der Waals surface area contributed by atoms with E-state index in [1.807, 2.05) is 20.8 Å². The first-order valence-corrected chi connectivity index (χ1v) is 29.9. The van der Waals surface area contributed by atoms with Crippen LogP contribution in [0.1, 0.15) is 188 Å². The number of nitrogens with two attached hydrogens (primary N) is 2. The minimum Gasteiger partial charge on any atom is -0.460 e. The largest absolute Gasteiger partial charge is 0.460 e. The van der Waals surface area contributed by atoms with Gasteiger partial charge in [0.2, 0.25) is 5.91 Å². The van der Waals surface area contributed by atoms with Crippen molar-refractivity contribution in [2.45, 2.75) is 292 Å². The molecule has 3 aliphatic rings. The first kappa shape index (κ1) is 71.5. The summed E-state index contributed by atoms with van der Waals surface area (Å²) in [6.45, 7) is 4.54. The zero-order valence-electron chi connectivity index (χ0n) is 48.0. The highest BCUT2D eigenvalue weighted by Gasteiger charge is 2.55. The van der Waals surface area contributed by atoms with Gasteiger partial charge in [-0.15, -0.1) is 0 Å². The SMILES string of the molecule is CCCCCC(OC1OC(CO)C(O)C(OC2OC(CO)C(O)C(O)C2O)C1OC1OC(CO)C(O)C(O)C1O)C(CCCCCCCC(=O)CCCCCCCCCCCCC(=O)NCCCCN=C(N)N)OC(=O)CC(C)C. The van der Waals surface area contributed by atoms with E-state index in [1.165, 1.54) is 12.8 Å². The molecule has 17 atom stereocenters. The first-order chi connectivity index (χ1) is 38.4.